The first-order valence-electron chi connectivity index (χ1n) is 6.76. The van der Waals surface area contributed by atoms with Gasteiger partial charge in [0.2, 0.25) is 0 Å². The van der Waals surface area contributed by atoms with E-state index in [9.17, 15) is 4.39 Å². The summed E-state index contributed by atoms with van der Waals surface area (Å²) in [6, 6.07) is 5.09. The molecule has 1 heterocycles. The van der Waals surface area contributed by atoms with Crippen molar-refractivity contribution in [2.24, 2.45) is 0 Å². The summed E-state index contributed by atoms with van der Waals surface area (Å²) in [5, 5.41) is 6.24. The lowest BCUT2D eigenvalue weighted by molar-refractivity contribution is 0.630. The fourth-order valence-corrected chi connectivity index (χ4v) is 2.02. The van der Waals surface area contributed by atoms with E-state index in [1.807, 2.05) is 26.8 Å². The summed E-state index contributed by atoms with van der Waals surface area (Å²) >= 11 is 0. The summed E-state index contributed by atoms with van der Waals surface area (Å²) in [7, 11) is 0. The lowest BCUT2D eigenvalue weighted by Gasteiger charge is -2.14. The van der Waals surface area contributed by atoms with Gasteiger partial charge in [0, 0.05) is 12.1 Å². The van der Waals surface area contributed by atoms with E-state index >= 15 is 0 Å². The van der Waals surface area contributed by atoms with Gasteiger partial charge in [-0.15, -0.1) is 0 Å². The first kappa shape index (κ1) is 14.2. The average Bonchev–Trinajstić information content (AvgIpc) is 2.42. The summed E-state index contributed by atoms with van der Waals surface area (Å²) in [5.74, 6) is 1.15. The smallest absolute Gasteiger partial charge is 0.146 e. The number of anilines is 3. The molecule has 20 heavy (non-hydrogen) atoms. The van der Waals surface area contributed by atoms with E-state index in [0.29, 0.717) is 11.5 Å². The highest BCUT2D eigenvalue weighted by atomic mass is 19.1. The second kappa shape index (κ2) is 6.32. The van der Waals surface area contributed by atoms with Gasteiger partial charge in [0.15, 0.2) is 0 Å². The van der Waals surface area contributed by atoms with Gasteiger partial charge in [-0.2, -0.15) is 0 Å². The van der Waals surface area contributed by atoms with E-state index < -0.39 is 0 Å². The van der Waals surface area contributed by atoms with Gasteiger partial charge < -0.3 is 10.6 Å². The van der Waals surface area contributed by atoms with Gasteiger partial charge in [-0.1, -0.05) is 13.0 Å². The zero-order valence-electron chi connectivity index (χ0n) is 12.0. The largest absolute Gasteiger partial charge is 0.370 e. The van der Waals surface area contributed by atoms with Crippen molar-refractivity contribution in [1.82, 2.24) is 9.97 Å². The Morgan fingerprint density at radius 1 is 1.15 bits per heavy atom. The van der Waals surface area contributed by atoms with E-state index in [0.717, 1.165) is 29.9 Å². The number of nitrogens with one attached hydrogen (secondary N) is 2. The number of aromatic nitrogens is 2. The van der Waals surface area contributed by atoms with E-state index in [4.69, 9.17) is 0 Å². The fraction of sp³-hybridized carbons (Fsp3) is 0.333. The average molecular weight is 274 g/mol. The zero-order chi connectivity index (χ0) is 14.5. The van der Waals surface area contributed by atoms with Crippen LogP contribution in [0.1, 0.15) is 25.0 Å². The predicted octanol–water partition coefficient (Wildman–Crippen LogP) is 3.66. The minimum Gasteiger partial charge on any atom is -0.370 e. The van der Waals surface area contributed by atoms with Crippen LogP contribution >= 0.6 is 0 Å². The molecular formula is C15H19FN4. The van der Waals surface area contributed by atoms with Crippen LogP contribution in [0.4, 0.5) is 21.7 Å². The second-order valence-corrected chi connectivity index (χ2v) is 4.54. The van der Waals surface area contributed by atoms with Gasteiger partial charge in [-0.25, -0.2) is 14.4 Å². The molecule has 0 aliphatic carbocycles. The van der Waals surface area contributed by atoms with Crippen LogP contribution in [0.2, 0.25) is 0 Å². The molecule has 1 aromatic heterocycles. The molecule has 0 atom stereocenters. The number of hydrogen-bond donors (Lipinski definition) is 2. The Bertz CT molecular complexity index is 598. The quantitative estimate of drug-likeness (QED) is 0.873. The van der Waals surface area contributed by atoms with Crippen molar-refractivity contribution in [3.63, 3.8) is 0 Å². The Balaban J connectivity index is 2.35. The number of aryl methyl sites for hydroxylation is 1. The number of halogens is 1. The molecule has 2 N–H and O–H groups in total. The van der Waals surface area contributed by atoms with Gasteiger partial charge in [-0.05, 0) is 38.0 Å². The summed E-state index contributed by atoms with van der Waals surface area (Å²) < 4.78 is 13.9. The van der Waals surface area contributed by atoms with Crippen LogP contribution in [0, 0.1) is 12.7 Å². The predicted molar refractivity (Wildman–Crippen MR) is 80.0 cm³/mol. The molecule has 4 nitrogen and oxygen atoms in total. The number of nitrogens with zero attached hydrogens (tertiary/aromatic N) is 2. The first-order valence-corrected chi connectivity index (χ1v) is 6.76. The van der Waals surface area contributed by atoms with Crippen LogP contribution in [0.5, 0.6) is 0 Å². The lowest BCUT2D eigenvalue weighted by Crippen LogP contribution is -2.08. The number of benzene rings is 1. The molecule has 1 aromatic carbocycles. The van der Waals surface area contributed by atoms with Crippen molar-refractivity contribution >= 4 is 17.3 Å². The van der Waals surface area contributed by atoms with Crippen LogP contribution in [0.25, 0.3) is 0 Å². The Morgan fingerprint density at radius 3 is 2.55 bits per heavy atom. The molecule has 2 rings (SSSR count). The molecule has 0 fully saturated rings. The van der Waals surface area contributed by atoms with Gasteiger partial charge in [-0.3, -0.25) is 0 Å². The van der Waals surface area contributed by atoms with Crippen molar-refractivity contribution in [1.29, 1.82) is 0 Å². The van der Waals surface area contributed by atoms with Gasteiger partial charge in [0.1, 0.15) is 23.8 Å². The van der Waals surface area contributed by atoms with Gasteiger partial charge >= 0.3 is 0 Å². The maximum absolute atomic E-state index is 13.9. The monoisotopic (exact) mass is 274 g/mol. The van der Waals surface area contributed by atoms with Crippen molar-refractivity contribution in [2.75, 3.05) is 17.2 Å². The van der Waals surface area contributed by atoms with Crippen molar-refractivity contribution in [3.05, 3.63) is 41.5 Å². The molecule has 2 aromatic rings. The lowest BCUT2D eigenvalue weighted by atomic mass is 10.2. The maximum atomic E-state index is 13.9. The molecule has 0 bridgehead atoms. The third-order valence-corrected chi connectivity index (χ3v) is 3.02. The molecule has 5 heteroatoms. The molecule has 0 radical (unpaired) electrons. The fourth-order valence-electron chi connectivity index (χ4n) is 2.02. The maximum Gasteiger partial charge on any atom is 0.146 e. The summed E-state index contributed by atoms with van der Waals surface area (Å²) in [6.07, 6.45) is 2.24. The number of hydrogen-bond acceptors (Lipinski definition) is 4. The molecule has 0 saturated heterocycles. The van der Waals surface area contributed by atoms with Gasteiger partial charge in [0.25, 0.3) is 0 Å². The van der Waals surface area contributed by atoms with E-state index in [-0.39, 0.29) is 5.82 Å². The van der Waals surface area contributed by atoms with Crippen LogP contribution < -0.4 is 10.6 Å². The first-order chi connectivity index (χ1) is 9.65. The Kier molecular flexibility index (Phi) is 4.50. The Labute approximate surface area is 118 Å². The van der Waals surface area contributed by atoms with Crippen LogP contribution in [0.3, 0.4) is 0 Å². The highest BCUT2D eigenvalue weighted by Crippen LogP contribution is 2.25. The summed E-state index contributed by atoms with van der Waals surface area (Å²) in [5.41, 5.74) is 2.26. The molecule has 106 valence electrons. The SMILES string of the molecule is CCNc1ncnc(Nc2ccc(C)cc2F)c1CC. The highest BCUT2D eigenvalue weighted by molar-refractivity contribution is 5.65. The van der Waals surface area contributed by atoms with Crippen LogP contribution in [-0.4, -0.2) is 16.5 Å². The Hall–Kier alpha value is -2.17. The molecule has 0 saturated carbocycles. The third-order valence-electron chi connectivity index (χ3n) is 3.02. The highest BCUT2D eigenvalue weighted by Gasteiger charge is 2.11. The second-order valence-electron chi connectivity index (χ2n) is 4.54. The molecule has 0 amide bonds. The minimum absolute atomic E-state index is 0.282. The molecule has 0 spiro atoms. The molecule has 0 aliphatic rings. The van der Waals surface area contributed by atoms with Crippen LogP contribution in [-0.2, 0) is 6.42 Å². The molecule has 0 aliphatic heterocycles. The van der Waals surface area contributed by atoms with Crippen molar-refractivity contribution in [3.8, 4) is 0 Å². The topological polar surface area (TPSA) is 49.8 Å². The standard InChI is InChI=1S/C15H19FN4/c1-4-11-14(17-5-2)18-9-19-15(11)20-13-7-6-10(3)8-12(13)16/h6-9H,4-5H2,1-3H3,(H2,17,18,19,20). The third kappa shape index (κ3) is 3.04. The normalized spacial score (nSPS) is 10.4. The van der Waals surface area contributed by atoms with Crippen molar-refractivity contribution in [2.45, 2.75) is 27.2 Å². The summed E-state index contributed by atoms with van der Waals surface area (Å²) in [4.78, 5) is 8.44. The summed E-state index contributed by atoms with van der Waals surface area (Å²) in [6.45, 7) is 6.67. The number of rotatable bonds is 5. The van der Waals surface area contributed by atoms with Crippen molar-refractivity contribution < 1.29 is 4.39 Å². The zero-order valence-corrected chi connectivity index (χ0v) is 12.0. The Morgan fingerprint density at radius 2 is 1.90 bits per heavy atom. The van der Waals surface area contributed by atoms with E-state index in [1.54, 1.807) is 6.07 Å². The van der Waals surface area contributed by atoms with Crippen LogP contribution in [0.15, 0.2) is 24.5 Å². The van der Waals surface area contributed by atoms with E-state index in [1.165, 1.54) is 12.4 Å². The minimum atomic E-state index is -0.282. The van der Waals surface area contributed by atoms with Gasteiger partial charge in [0.05, 0.1) is 5.69 Å². The van der Waals surface area contributed by atoms with E-state index in [2.05, 4.69) is 20.6 Å². The molecular weight excluding hydrogens is 255 g/mol. The molecule has 0 unspecified atom stereocenters.